The molecule has 1 spiro atoms. The van der Waals surface area contributed by atoms with Crippen molar-refractivity contribution in [2.75, 3.05) is 47.3 Å². The van der Waals surface area contributed by atoms with Crippen LogP contribution in [0.1, 0.15) is 35.1 Å². The highest BCUT2D eigenvalue weighted by Gasteiger charge is 2.53. The highest BCUT2D eigenvalue weighted by molar-refractivity contribution is 6.23. The Kier molecular flexibility index (Phi) is 6.63. The molecule has 2 heterocycles. The summed E-state index contributed by atoms with van der Waals surface area (Å²) in [7, 11) is 3.21. The summed E-state index contributed by atoms with van der Waals surface area (Å²) in [6.07, 6.45) is 1.21. The number of methoxy groups -OCH3 is 1. The second-order valence-electron chi connectivity index (χ2n) is 7.91. The summed E-state index contributed by atoms with van der Waals surface area (Å²) in [4.78, 5) is 20.7. The second kappa shape index (κ2) is 8.83. The molecule has 0 aromatic heterocycles. The Labute approximate surface area is 172 Å². The average molecular weight is 405 g/mol. The van der Waals surface area contributed by atoms with Crippen molar-refractivity contribution < 1.29 is 24.2 Å². The van der Waals surface area contributed by atoms with Gasteiger partial charge in [-0.25, -0.2) is 0 Å². The molecule has 3 rings (SSSR count). The number of hydrogen-bond donors (Lipinski definition) is 1. The lowest BCUT2D eigenvalue weighted by Gasteiger charge is -2.44. The molecule has 1 aromatic rings. The Morgan fingerprint density at radius 1 is 1.10 bits per heavy atom. The number of ether oxygens (including phenoxy) is 2. The molecule has 0 atom stereocenters. The van der Waals surface area contributed by atoms with E-state index in [1.807, 2.05) is 25.8 Å². The molecule has 1 aromatic carbocycles. The van der Waals surface area contributed by atoms with Crippen molar-refractivity contribution in [3.8, 4) is 0 Å². The number of hydroxylamine groups is 2. The fourth-order valence-electron chi connectivity index (χ4n) is 4.75. The van der Waals surface area contributed by atoms with Crippen molar-refractivity contribution in [1.29, 1.82) is 0 Å². The Balaban J connectivity index is 2.01. The monoisotopic (exact) mass is 404 g/mol. The summed E-state index contributed by atoms with van der Waals surface area (Å²) in [5.41, 5.74) is 3.69. The van der Waals surface area contributed by atoms with Gasteiger partial charge in [0.2, 0.25) is 0 Å². The van der Waals surface area contributed by atoms with Gasteiger partial charge in [-0.1, -0.05) is 17.7 Å². The zero-order valence-corrected chi connectivity index (χ0v) is 18.1. The third-order valence-electron chi connectivity index (χ3n) is 6.05. The van der Waals surface area contributed by atoms with Crippen molar-refractivity contribution in [1.82, 2.24) is 9.96 Å². The molecule has 29 heavy (non-hydrogen) atoms. The van der Waals surface area contributed by atoms with Crippen molar-refractivity contribution in [2.24, 2.45) is 0 Å². The van der Waals surface area contributed by atoms with Crippen molar-refractivity contribution in [2.45, 2.75) is 39.2 Å². The molecular formula is C22H32N2O5. The third-order valence-corrected chi connectivity index (χ3v) is 6.05. The van der Waals surface area contributed by atoms with Crippen LogP contribution in [-0.4, -0.2) is 73.8 Å². The fraction of sp³-hybridized carbons (Fsp3) is 0.591. The number of carbonyl (C=O) groups is 1. The van der Waals surface area contributed by atoms with Crippen molar-refractivity contribution >= 4 is 11.5 Å². The molecule has 1 N–H and O–H groups in total. The number of carbonyl (C=O) groups excluding carboxylic acids is 1. The van der Waals surface area contributed by atoms with Gasteiger partial charge in [0.05, 0.1) is 19.3 Å². The molecule has 2 aliphatic rings. The number of benzene rings is 1. The summed E-state index contributed by atoms with van der Waals surface area (Å²) in [6, 6.07) is 4.11. The van der Waals surface area contributed by atoms with Crippen LogP contribution < -0.4 is 0 Å². The normalized spacial score (nSPS) is 19.6. The predicted octanol–water partition coefficient (Wildman–Crippen LogP) is 2.74. The lowest BCUT2D eigenvalue weighted by Crippen LogP contribution is -2.55. The predicted molar refractivity (Wildman–Crippen MR) is 110 cm³/mol. The number of piperidine rings is 1. The van der Waals surface area contributed by atoms with Crippen LogP contribution in [0.4, 0.5) is 0 Å². The lowest BCUT2D eigenvalue weighted by molar-refractivity contribution is -0.165. The maximum absolute atomic E-state index is 13.6. The molecule has 7 heteroatoms. The van der Waals surface area contributed by atoms with Gasteiger partial charge < -0.3 is 24.3 Å². The van der Waals surface area contributed by atoms with Gasteiger partial charge in [-0.15, -0.1) is 0 Å². The molecule has 160 valence electrons. The molecule has 1 saturated heterocycles. The Bertz CT molecular complexity index is 773. The van der Waals surface area contributed by atoms with Crippen LogP contribution in [0.25, 0.3) is 5.57 Å². The van der Waals surface area contributed by atoms with Gasteiger partial charge in [0.1, 0.15) is 18.1 Å². The zero-order valence-electron chi connectivity index (χ0n) is 18.1. The largest absolute Gasteiger partial charge is 0.509 e. The van der Waals surface area contributed by atoms with Crippen LogP contribution in [0.2, 0.25) is 0 Å². The minimum absolute atomic E-state index is 0.135. The van der Waals surface area contributed by atoms with Gasteiger partial charge in [0, 0.05) is 26.7 Å². The standard InChI is InChI=1S/C22H32N2O5/c1-15-12-16(2)18(17(3)13-15)19-20(25)22(6-8-23(28-5)9-7-22)24(21(19)26)10-11-29-14-27-4/h12-13,25H,6-11,14H2,1-5H3. The summed E-state index contributed by atoms with van der Waals surface area (Å²) in [5, 5.41) is 13.3. The van der Waals surface area contributed by atoms with E-state index in [0.29, 0.717) is 44.7 Å². The number of hydrogen-bond acceptors (Lipinski definition) is 6. The maximum Gasteiger partial charge on any atom is 0.258 e. The summed E-state index contributed by atoms with van der Waals surface area (Å²) in [5.74, 6) is 0.0458. The van der Waals surface area contributed by atoms with Gasteiger partial charge in [-0.3, -0.25) is 4.79 Å². The van der Waals surface area contributed by atoms with Gasteiger partial charge >= 0.3 is 0 Å². The van der Waals surface area contributed by atoms with Crippen LogP contribution in [0.3, 0.4) is 0 Å². The molecular weight excluding hydrogens is 372 g/mol. The Hall–Kier alpha value is -1.93. The van der Waals surface area contributed by atoms with Crippen LogP contribution in [0, 0.1) is 20.8 Å². The van der Waals surface area contributed by atoms with E-state index in [2.05, 4.69) is 12.1 Å². The first-order chi connectivity index (χ1) is 13.9. The first-order valence-electron chi connectivity index (χ1n) is 10.1. The molecule has 0 saturated carbocycles. The smallest absolute Gasteiger partial charge is 0.258 e. The van der Waals surface area contributed by atoms with E-state index in [0.717, 1.165) is 22.3 Å². The number of aliphatic hydroxyl groups excluding tert-OH is 1. The minimum atomic E-state index is -0.721. The number of rotatable bonds is 7. The van der Waals surface area contributed by atoms with E-state index in [-0.39, 0.29) is 18.5 Å². The zero-order chi connectivity index (χ0) is 21.2. The highest BCUT2D eigenvalue weighted by atomic mass is 16.7. The summed E-state index contributed by atoms with van der Waals surface area (Å²) in [6.45, 7) is 8.23. The topological polar surface area (TPSA) is 71.5 Å². The average Bonchev–Trinajstić information content (AvgIpc) is 2.87. The molecule has 0 aliphatic carbocycles. The van der Waals surface area contributed by atoms with Crippen LogP contribution in [0.15, 0.2) is 17.9 Å². The van der Waals surface area contributed by atoms with Crippen LogP contribution in [-0.2, 0) is 19.1 Å². The molecule has 0 unspecified atom stereocenters. The fourth-order valence-corrected chi connectivity index (χ4v) is 4.75. The maximum atomic E-state index is 13.6. The van der Waals surface area contributed by atoms with Crippen molar-refractivity contribution in [3.05, 3.63) is 40.1 Å². The van der Waals surface area contributed by atoms with E-state index in [4.69, 9.17) is 14.3 Å². The summed E-state index contributed by atoms with van der Waals surface area (Å²) < 4.78 is 10.4. The van der Waals surface area contributed by atoms with E-state index in [9.17, 15) is 9.90 Å². The van der Waals surface area contributed by atoms with Crippen LogP contribution >= 0.6 is 0 Å². The SMILES string of the molecule is COCOCCN1C(=O)C(c2c(C)cc(C)cc2C)=C(O)C12CCN(OC)CC2. The van der Waals surface area contributed by atoms with E-state index in [1.165, 1.54) is 0 Å². The first kappa shape index (κ1) is 21.8. The van der Waals surface area contributed by atoms with Crippen molar-refractivity contribution in [3.63, 3.8) is 0 Å². The summed E-state index contributed by atoms with van der Waals surface area (Å²) >= 11 is 0. The number of aliphatic hydroxyl groups is 1. The lowest BCUT2D eigenvalue weighted by atomic mass is 9.84. The molecule has 1 fully saturated rings. The Morgan fingerprint density at radius 3 is 2.28 bits per heavy atom. The Morgan fingerprint density at radius 2 is 1.72 bits per heavy atom. The highest BCUT2D eigenvalue weighted by Crippen LogP contribution is 2.46. The first-order valence-corrected chi connectivity index (χ1v) is 10.1. The number of aryl methyl sites for hydroxylation is 3. The molecule has 0 radical (unpaired) electrons. The van der Waals surface area contributed by atoms with Gasteiger partial charge in [0.25, 0.3) is 5.91 Å². The van der Waals surface area contributed by atoms with Gasteiger partial charge in [-0.05, 0) is 50.3 Å². The van der Waals surface area contributed by atoms with Crippen LogP contribution in [0.5, 0.6) is 0 Å². The van der Waals surface area contributed by atoms with E-state index < -0.39 is 5.54 Å². The van der Waals surface area contributed by atoms with E-state index in [1.54, 1.807) is 19.1 Å². The molecule has 1 amide bonds. The van der Waals surface area contributed by atoms with Gasteiger partial charge in [-0.2, -0.15) is 5.06 Å². The number of amides is 1. The molecule has 7 nitrogen and oxygen atoms in total. The number of nitrogens with zero attached hydrogens (tertiary/aromatic N) is 2. The molecule has 2 aliphatic heterocycles. The quantitative estimate of drug-likeness (QED) is 0.557. The minimum Gasteiger partial charge on any atom is -0.509 e. The van der Waals surface area contributed by atoms with E-state index >= 15 is 0 Å². The third kappa shape index (κ3) is 3.92. The second-order valence-corrected chi connectivity index (χ2v) is 7.91. The molecule has 0 bridgehead atoms. The van der Waals surface area contributed by atoms with Gasteiger partial charge in [0.15, 0.2) is 0 Å².